The van der Waals surface area contributed by atoms with E-state index in [4.69, 9.17) is 4.98 Å². The quantitative estimate of drug-likeness (QED) is 0.155. The van der Waals surface area contributed by atoms with Crippen LogP contribution < -0.4 is 5.32 Å². The summed E-state index contributed by atoms with van der Waals surface area (Å²) in [5, 5.41) is 14.0. The Bertz CT molecular complexity index is 1580. The third-order valence-corrected chi connectivity index (χ3v) is 8.69. The van der Waals surface area contributed by atoms with E-state index in [1.165, 1.54) is 11.1 Å². The minimum atomic E-state index is 0.168. The first-order valence-corrected chi connectivity index (χ1v) is 15.6. The van der Waals surface area contributed by atoms with Gasteiger partial charge in [0.05, 0.1) is 5.52 Å². The molecule has 0 aliphatic carbocycles. The molecule has 8 heteroatoms. The Morgan fingerprint density at radius 1 is 0.829 bits per heavy atom. The fraction of sp³-hybridized carbons (Fsp3) is 0.333. The van der Waals surface area contributed by atoms with Crippen molar-refractivity contribution in [2.75, 3.05) is 18.8 Å². The van der Waals surface area contributed by atoms with Gasteiger partial charge in [-0.15, -0.1) is 10.2 Å². The van der Waals surface area contributed by atoms with E-state index in [9.17, 15) is 4.79 Å². The van der Waals surface area contributed by atoms with Gasteiger partial charge in [0.1, 0.15) is 5.52 Å². The van der Waals surface area contributed by atoms with Crippen LogP contribution in [0, 0.1) is 0 Å². The van der Waals surface area contributed by atoms with Crippen LogP contribution in [0.15, 0.2) is 90.1 Å². The fourth-order valence-electron chi connectivity index (χ4n) is 5.60. The van der Waals surface area contributed by atoms with Crippen LogP contribution in [-0.4, -0.2) is 55.4 Å². The van der Waals surface area contributed by atoms with Gasteiger partial charge in [-0.3, -0.25) is 9.69 Å². The van der Waals surface area contributed by atoms with Crippen molar-refractivity contribution in [3.05, 3.63) is 96.1 Å². The lowest BCUT2D eigenvalue weighted by Crippen LogP contribution is -2.44. The summed E-state index contributed by atoms with van der Waals surface area (Å²) in [6.45, 7) is 3.77. The van der Waals surface area contributed by atoms with Crippen LogP contribution in [0.1, 0.15) is 43.2 Å². The highest BCUT2D eigenvalue weighted by Crippen LogP contribution is 2.28. The molecule has 1 aliphatic heterocycles. The summed E-state index contributed by atoms with van der Waals surface area (Å²) in [5.74, 6) is 1.03. The van der Waals surface area contributed by atoms with Gasteiger partial charge in [-0.05, 0) is 42.9 Å². The number of amides is 1. The van der Waals surface area contributed by atoms with Crippen molar-refractivity contribution in [3.63, 3.8) is 0 Å². The highest BCUT2D eigenvalue weighted by Gasteiger charge is 2.20. The van der Waals surface area contributed by atoms with Gasteiger partial charge in [0.2, 0.25) is 11.1 Å². The van der Waals surface area contributed by atoms with Crippen LogP contribution in [0.5, 0.6) is 0 Å². The fourth-order valence-corrected chi connectivity index (χ4v) is 6.39. The zero-order valence-corrected chi connectivity index (χ0v) is 24.1. The number of aromatic nitrogens is 4. The Labute approximate surface area is 245 Å². The molecule has 41 heavy (non-hydrogen) atoms. The first-order chi connectivity index (χ1) is 20.2. The maximum absolute atomic E-state index is 12.6. The number of hydrogen-bond donors (Lipinski definition) is 1. The predicted molar refractivity (Wildman–Crippen MR) is 166 cm³/mol. The molecule has 1 N–H and O–H groups in total. The number of rotatable bonds is 11. The molecule has 5 aromatic rings. The number of piperidine rings is 1. The third-order valence-electron chi connectivity index (χ3n) is 7.77. The second-order valence-corrected chi connectivity index (χ2v) is 11.8. The van der Waals surface area contributed by atoms with Gasteiger partial charge in [0.25, 0.3) is 0 Å². The molecule has 0 unspecified atom stereocenters. The molecule has 1 aliphatic rings. The van der Waals surface area contributed by atoms with E-state index < -0.39 is 0 Å². The molecule has 0 bridgehead atoms. The van der Waals surface area contributed by atoms with Crippen molar-refractivity contribution in [2.45, 2.75) is 56.4 Å². The Hall–Kier alpha value is -3.75. The number of carbonyl (C=O) groups is 1. The number of likely N-dealkylation sites (tertiary alicyclic amines) is 1. The van der Waals surface area contributed by atoms with Gasteiger partial charge in [-0.1, -0.05) is 90.6 Å². The molecular weight excluding hydrogens is 528 g/mol. The van der Waals surface area contributed by atoms with Crippen LogP contribution in [0.25, 0.3) is 22.1 Å². The maximum atomic E-state index is 12.6. The van der Waals surface area contributed by atoms with Gasteiger partial charge >= 0.3 is 0 Å². The smallest absolute Gasteiger partial charge is 0.220 e. The minimum absolute atomic E-state index is 0.168. The minimum Gasteiger partial charge on any atom is -0.353 e. The van der Waals surface area contributed by atoms with Crippen molar-refractivity contribution in [1.82, 2.24) is 30.0 Å². The van der Waals surface area contributed by atoms with E-state index in [0.717, 1.165) is 79.7 Å². The predicted octanol–water partition coefficient (Wildman–Crippen LogP) is 6.07. The molecule has 1 fully saturated rings. The summed E-state index contributed by atoms with van der Waals surface area (Å²) in [6, 6.07) is 29.6. The van der Waals surface area contributed by atoms with Crippen molar-refractivity contribution in [1.29, 1.82) is 0 Å². The van der Waals surface area contributed by atoms with Crippen molar-refractivity contribution in [2.24, 2.45) is 0 Å². The van der Waals surface area contributed by atoms with Crippen LogP contribution in [0.2, 0.25) is 0 Å². The first-order valence-electron chi connectivity index (χ1n) is 14.6. The second-order valence-electron chi connectivity index (χ2n) is 10.8. The van der Waals surface area contributed by atoms with E-state index in [1.807, 2.05) is 12.1 Å². The van der Waals surface area contributed by atoms with Gasteiger partial charge in [-0.25, -0.2) is 4.98 Å². The standard InChI is InChI=1S/C33H36N6OS/c40-30(34-27-18-20-38(21-19-27)23-25-11-3-1-4-12-25)17-9-10-22-41-33-35-32-31(36-37-33)28-15-7-8-16-29(28)39(32)24-26-13-5-2-6-14-26/h1-8,11-16,27H,9-10,17-24H2,(H,34,40). The summed E-state index contributed by atoms with van der Waals surface area (Å²) >= 11 is 1.61. The molecule has 210 valence electrons. The zero-order valence-electron chi connectivity index (χ0n) is 23.3. The molecule has 7 nitrogen and oxygen atoms in total. The molecule has 1 saturated heterocycles. The highest BCUT2D eigenvalue weighted by molar-refractivity contribution is 7.99. The van der Waals surface area contributed by atoms with E-state index in [1.54, 1.807) is 11.8 Å². The number of hydrogen-bond acceptors (Lipinski definition) is 6. The Balaban J connectivity index is 0.969. The molecule has 3 aromatic carbocycles. The third kappa shape index (κ3) is 6.94. The number of nitrogens with one attached hydrogen (secondary N) is 1. The van der Waals surface area contributed by atoms with Crippen molar-refractivity contribution >= 4 is 39.7 Å². The molecular formula is C33H36N6OS. The van der Waals surface area contributed by atoms with E-state index in [0.29, 0.717) is 11.6 Å². The number of fused-ring (bicyclic) bond motifs is 3. The Kier molecular flexibility index (Phi) is 8.88. The Morgan fingerprint density at radius 2 is 1.51 bits per heavy atom. The number of nitrogens with zero attached hydrogens (tertiary/aromatic N) is 5. The van der Waals surface area contributed by atoms with E-state index in [2.05, 4.69) is 97.8 Å². The molecule has 1 amide bonds. The number of para-hydroxylation sites is 1. The molecule has 0 atom stereocenters. The lowest BCUT2D eigenvalue weighted by atomic mass is 10.0. The Morgan fingerprint density at radius 3 is 2.27 bits per heavy atom. The summed E-state index contributed by atoms with van der Waals surface area (Å²) < 4.78 is 2.23. The maximum Gasteiger partial charge on any atom is 0.220 e. The average Bonchev–Trinajstić information content (AvgIpc) is 3.31. The highest BCUT2D eigenvalue weighted by atomic mass is 32.2. The van der Waals surface area contributed by atoms with Crippen LogP contribution in [0.4, 0.5) is 0 Å². The normalized spacial score (nSPS) is 14.5. The molecule has 0 radical (unpaired) electrons. The molecule has 6 rings (SSSR count). The zero-order chi connectivity index (χ0) is 27.9. The number of thioether (sulfide) groups is 1. The largest absolute Gasteiger partial charge is 0.353 e. The first kappa shape index (κ1) is 27.4. The topological polar surface area (TPSA) is 75.9 Å². The number of carbonyl (C=O) groups excluding carboxylic acids is 1. The molecule has 0 saturated carbocycles. The van der Waals surface area contributed by atoms with Crippen molar-refractivity contribution < 1.29 is 4.79 Å². The summed E-state index contributed by atoms with van der Waals surface area (Å²) in [6.07, 6.45) is 4.39. The summed E-state index contributed by atoms with van der Waals surface area (Å²) in [5.41, 5.74) is 5.39. The molecule has 0 spiro atoms. The van der Waals surface area contributed by atoms with Crippen molar-refractivity contribution in [3.8, 4) is 0 Å². The lowest BCUT2D eigenvalue weighted by molar-refractivity contribution is -0.122. The summed E-state index contributed by atoms with van der Waals surface area (Å²) in [7, 11) is 0. The van der Waals surface area contributed by atoms with Gasteiger partial charge < -0.3 is 9.88 Å². The average molecular weight is 565 g/mol. The summed E-state index contributed by atoms with van der Waals surface area (Å²) in [4.78, 5) is 20.0. The second kappa shape index (κ2) is 13.3. The van der Waals surface area contributed by atoms with E-state index in [-0.39, 0.29) is 11.9 Å². The van der Waals surface area contributed by atoms with Crippen LogP contribution >= 0.6 is 11.8 Å². The number of benzene rings is 3. The van der Waals surface area contributed by atoms with E-state index >= 15 is 0 Å². The van der Waals surface area contributed by atoms with Gasteiger partial charge in [0, 0.05) is 49.8 Å². The molecule has 3 heterocycles. The monoisotopic (exact) mass is 564 g/mol. The van der Waals surface area contributed by atoms with Gasteiger partial charge in [0.15, 0.2) is 5.65 Å². The molecule has 2 aromatic heterocycles. The number of unbranched alkanes of at least 4 members (excludes halogenated alkanes) is 1. The van der Waals surface area contributed by atoms with Gasteiger partial charge in [-0.2, -0.15) is 0 Å². The van der Waals surface area contributed by atoms with Crippen LogP contribution in [-0.2, 0) is 17.9 Å². The SMILES string of the molecule is O=C(CCCCSc1nnc2c3ccccc3n(Cc3ccccc3)c2n1)NC1CCN(Cc2ccccc2)CC1. The lowest BCUT2D eigenvalue weighted by Gasteiger charge is -2.32. The van der Waals surface area contributed by atoms with Crippen LogP contribution in [0.3, 0.4) is 0 Å².